The third-order valence-corrected chi connectivity index (χ3v) is 6.39. The van der Waals surface area contributed by atoms with Crippen LogP contribution < -0.4 is 4.74 Å². The summed E-state index contributed by atoms with van der Waals surface area (Å²) < 4.78 is 41.4. The van der Waals surface area contributed by atoms with Crippen LogP contribution in [0.3, 0.4) is 0 Å². The first-order chi connectivity index (χ1) is 17.8. The van der Waals surface area contributed by atoms with Crippen molar-refractivity contribution in [2.75, 3.05) is 13.2 Å². The van der Waals surface area contributed by atoms with E-state index < -0.39 is 36.3 Å². The van der Waals surface area contributed by atoms with Crippen molar-refractivity contribution >= 4 is 34.6 Å². The number of benzene rings is 3. The number of carboxylic acids is 1. The summed E-state index contributed by atoms with van der Waals surface area (Å²) in [6, 6.07) is 13.3. The summed E-state index contributed by atoms with van der Waals surface area (Å²) in [7, 11) is 0. The molecule has 1 aromatic heterocycles. The molecule has 0 spiro atoms. The molecule has 0 bridgehead atoms. The molecule has 0 aliphatic carbocycles. The molecule has 4 aromatic rings. The molecule has 37 heavy (non-hydrogen) atoms. The second-order valence-corrected chi connectivity index (χ2v) is 8.82. The molecule has 0 fully saturated rings. The van der Waals surface area contributed by atoms with Gasteiger partial charge in [-0.15, -0.1) is 0 Å². The molecule has 190 valence electrons. The SMILES string of the molecule is O=C(O)COc1ccc(Cl)cc1[C@@H]1c2ccc(F)c(F)c2CCN1C(=O)OCn1ncc2ccccc21. The Morgan fingerprint density at radius 1 is 1.11 bits per heavy atom. The maximum Gasteiger partial charge on any atom is 0.412 e. The molecule has 1 amide bonds. The zero-order valence-corrected chi connectivity index (χ0v) is 20.0. The van der Waals surface area contributed by atoms with Crippen LogP contribution in [0, 0.1) is 11.6 Å². The first-order valence-electron chi connectivity index (χ1n) is 11.3. The van der Waals surface area contributed by atoms with Crippen LogP contribution in [0.4, 0.5) is 13.6 Å². The van der Waals surface area contributed by atoms with Gasteiger partial charge >= 0.3 is 12.1 Å². The molecule has 3 aromatic carbocycles. The monoisotopic (exact) mass is 527 g/mol. The fourth-order valence-electron chi connectivity index (χ4n) is 4.51. The minimum Gasteiger partial charge on any atom is -0.482 e. The second kappa shape index (κ2) is 10.1. The third-order valence-electron chi connectivity index (χ3n) is 6.15. The standard InChI is InChI=1S/C26H20ClF2N3O5/c27-16-5-8-22(36-13-23(33)34)19(11-16)25-18-6-7-20(28)24(29)17(18)9-10-31(25)26(35)37-14-32-21-4-2-1-3-15(21)12-30-32/h1-8,11-12,25H,9-10,13-14H2,(H,33,34)/t25-/m0/s1. The maximum atomic E-state index is 14.8. The third kappa shape index (κ3) is 4.79. The van der Waals surface area contributed by atoms with Crippen LogP contribution in [0.25, 0.3) is 10.9 Å². The van der Waals surface area contributed by atoms with Gasteiger partial charge in [-0.2, -0.15) is 5.10 Å². The van der Waals surface area contributed by atoms with Crippen LogP contribution in [0.2, 0.25) is 5.02 Å². The number of para-hydroxylation sites is 1. The van der Waals surface area contributed by atoms with Gasteiger partial charge in [0.15, 0.2) is 25.0 Å². The highest BCUT2D eigenvalue weighted by molar-refractivity contribution is 6.30. The van der Waals surface area contributed by atoms with E-state index in [1.165, 1.54) is 33.8 Å². The summed E-state index contributed by atoms with van der Waals surface area (Å²) in [6.45, 7) is -0.831. The molecule has 11 heteroatoms. The van der Waals surface area contributed by atoms with E-state index in [0.717, 1.165) is 17.0 Å². The van der Waals surface area contributed by atoms with E-state index in [2.05, 4.69) is 5.10 Å². The molecule has 2 heterocycles. The van der Waals surface area contributed by atoms with Gasteiger partial charge in [-0.05, 0) is 47.9 Å². The van der Waals surface area contributed by atoms with Gasteiger partial charge in [0.05, 0.1) is 17.8 Å². The van der Waals surface area contributed by atoms with E-state index in [0.29, 0.717) is 11.1 Å². The highest BCUT2D eigenvalue weighted by Gasteiger charge is 2.37. The Balaban J connectivity index is 1.52. The Morgan fingerprint density at radius 2 is 1.92 bits per heavy atom. The Bertz CT molecular complexity index is 1510. The predicted molar refractivity (Wildman–Crippen MR) is 129 cm³/mol. The topological polar surface area (TPSA) is 93.9 Å². The summed E-state index contributed by atoms with van der Waals surface area (Å²) in [4.78, 5) is 25.9. The number of amides is 1. The lowest BCUT2D eigenvalue weighted by Gasteiger charge is -2.37. The van der Waals surface area contributed by atoms with Crippen LogP contribution >= 0.6 is 11.6 Å². The number of hydrogen-bond donors (Lipinski definition) is 1. The minimum atomic E-state index is -1.21. The quantitative estimate of drug-likeness (QED) is 0.372. The van der Waals surface area contributed by atoms with Gasteiger partial charge in [0.2, 0.25) is 0 Å². The Labute approximate surface area is 214 Å². The molecule has 0 saturated carbocycles. The average Bonchev–Trinajstić information content (AvgIpc) is 3.31. The molecular formula is C26H20ClF2N3O5. The van der Waals surface area contributed by atoms with Gasteiger partial charge in [-0.25, -0.2) is 23.1 Å². The van der Waals surface area contributed by atoms with Crippen LogP contribution in [0.15, 0.2) is 60.8 Å². The summed E-state index contributed by atoms with van der Waals surface area (Å²) in [5, 5.41) is 14.5. The zero-order valence-electron chi connectivity index (χ0n) is 19.2. The van der Waals surface area contributed by atoms with Crippen molar-refractivity contribution < 1.29 is 33.0 Å². The first kappa shape index (κ1) is 24.5. The summed E-state index contributed by atoms with van der Waals surface area (Å²) >= 11 is 6.24. The number of ether oxygens (including phenoxy) is 2. The number of carbonyl (C=O) groups excluding carboxylic acids is 1. The number of aromatic nitrogens is 2. The predicted octanol–water partition coefficient (Wildman–Crippen LogP) is 5.17. The van der Waals surface area contributed by atoms with E-state index in [1.54, 1.807) is 6.20 Å². The van der Waals surface area contributed by atoms with E-state index in [-0.39, 0.29) is 36.0 Å². The summed E-state index contributed by atoms with van der Waals surface area (Å²) in [5.41, 5.74) is 1.50. The summed E-state index contributed by atoms with van der Waals surface area (Å²) in [6.07, 6.45) is 0.962. The molecule has 1 aliphatic rings. The molecule has 5 rings (SSSR count). The van der Waals surface area contributed by atoms with Gasteiger partial charge in [-0.3, -0.25) is 4.90 Å². The van der Waals surface area contributed by atoms with Crippen LogP contribution in [0.5, 0.6) is 5.75 Å². The van der Waals surface area contributed by atoms with Gasteiger partial charge in [0, 0.05) is 22.5 Å². The average molecular weight is 528 g/mol. The number of nitrogens with zero attached hydrogens (tertiary/aromatic N) is 3. The Hall–Kier alpha value is -4.18. The van der Waals surface area contributed by atoms with Crippen LogP contribution in [0.1, 0.15) is 22.7 Å². The molecule has 0 saturated heterocycles. The van der Waals surface area contributed by atoms with Gasteiger partial charge in [0.1, 0.15) is 5.75 Å². The number of carbonyl (C=O) groups is 2. The number of halogens is 3. The lowest BCUT2D eigenvalue weighted by atomic mass is 9.87. The highest BCUT2D eigenvalue weighted by Crippen LogP contribution is 2.42. The number of aliphatic carboxylic acids is 1. The van der Waals surface area contributed by atoms with E-state index >= 15 is 0 Å². The Kier molecular flexibility index (Phi) is 6.66. The molecule has 1 aliphatic heterocycles. The minimum absolute atomic E-state index is 0.00160. The molecule has 8 nitrogen and oxygen atoms in total. The fourth-order valence-corrected chi connectivity index (χ4v) is 4.69. The smallest absolute Gasteiger partial charge is 0.412 e. The maximum absolute atomic E-state index is 14.8. The van der Waals surface area contributed by atoms with Crippen molar-refractivity contribution in [1.29, 1.82) is 0 Å². The van der Waals surface area contributed by atoms with E-state index in [1.807, 2.05) is 24.3 Å². The lowest BCUT2D eigenvalue weighted by molar-refractivity contribution is -0.139. The van der Waals surface area contributed by atoms with Crippen molar-refractivity contribution in [3.05, 3.63) is 94.1 Å². The van der Waals surface area contributed by atoms with Crippen molar-refractivity contribution in [2.24, 2.45) is 0 Å². The van der Waals surface area contributed by atoms with Gasteiger partial charge in [0.25, 0.3) is 0 Å². The van der Waals surface area contributed by atoms with Crippen molar-refractivity contribution in [1.82, 2.24) is 14.7 Å². The molecule has 1 N–H and O–H groups in total. The van der Waals surface area contributed by atoms with E-state index in [9.17, 15) is 18.4 Å². The fraction of sp³-hybridized carbons (Fsp3) is 0.192. The van der Waals surface area contributed by atoms with Crippen molar-refractivity contribution in [3.63, 3.8) is 0 Å². The largest absolute Gasteiger partial charge is 0.482 e. The van der Waals surface area contributed by atoms with E-state index in [4.69, 9.17) is 26.2 Å². The molecule has 1 atom stereocenters. The van der Waals surface area contributed by atoms with Crippen LogP contribution in [-0.4, -0.2) is 45.0 Å². The normalized spacial score (nSPS) is 14.9. The van der Waals surface area contributed by atoms with Crippen LogP contribution in [-0.2, 0) is 22.7 Å². The lowest BCUT2D eigenvalue weighted by Crippen LogP contribution is -2.41. The van der Waals surface area contributed by atoms with Crippen molar-refractivity contribution in [3.8, 4) is 5.75 Å². The zero-order chi connectivity index (χ0) is 26.1. The summed E-state index contributed by atoms with van der Waals surface area (Å²) in [5.74, 6) is -3.09. The molecule has 0 unspecified atom stereocenters. The number of fused-ring (bicyclic) bond motifs is 2. The van der Waals surface area contributed by atoms with Gasteiger partial charge < -0.3 is 14.6 Å². The molecular weight excluding hydrogens is 508 g/mol. The van der Waals surface area contributed by atoms with Gasteiger partial charge in [-0.1, -0.05) is 35.9 Å². The number of hydrogen-bond acceptors (Lipinski definition) is 5. The van der Waals surface area contributed by atoms with Crippen molar-refractivity contribution in [2.45, 2.75) is 19.2 Å². The Morgan fingerprint density at radius 3 is 2.73 bits per heavy atom. The second-order valence-electron chi connectivity index (χ2n) is 8.38. The first-order valence-corrected chi connectivity index (χ1v) is 11.7. The number of rotatable bonds is 6. The highest BCUT2D eigenvalue weighted by atomic mass is 35.5. The molecule has 0 radical (unpaired) electrons. The number of carboxylic acid groups (broad SMARTS) is 1.